The molecule has 0 spiro atoms. The van der Waals surface area contributed by atoms with Crippen LogP contribution in [0.15, 0.2) is 29.4 Å². The Labute approximate surface area is 189 Å². The van der Waals surface area contributed by atoms with E-state index in [0.29, 0.717) is 22.3 Å². The van der Waals surface area contributed by atoms with Crippen molar-refractivity contribution in [2.45, 2.75) is 52.1 Å². The summed E-state index contributed by atoms with van der Waals surface area (Å²) in [4.78, 5) is 8.65. The molecule has 0 unspecified atom stereocenters. The maximum Gasteiger partial charge on any atom is 0.238 e. The molecule has 3 rings (SSSR count). The van der Waals surface area contributed by atoms with E-state index >= 15 is 0 Å². The first-order chi connectivity index (χ1) is 14.8. The number of alkyl halides is 2. The Morgan fingerprint density at radius 2 is 1.88 bits per heavy atom. The van der Waals surface area contributed by atoms with Gasteiger partial charge in [-0.15, -0.1) is 10.2 Å². The van der Waals surface area contributed by atoms with Crippen molar-refractivity contribution < 1.29 is 13.2 Å². The number of hydrogen-bond donors (Lipinski definition) is 1. The molecule has 0 aliphatic carbocycles. The van der Waals surface area contributed by atoms with E-state index in [1.54, 1.807) is 6.07 Å². The molecule has 2 N–H and O–H groups in total. The molecule has 0 fully saturated rings. The van der Waals surface area contributed by atoms with Crippen molar-refractivity contribution in [3.63, 3.8) is 0 Å². The molecule has 0 atom stereocenters. The lowest BCUT2D eigenvalue weighted by Crippen LogP contribution is -2.18. The highest BCUT2D eigenvalue weighted by atomic mass is 19.3. The van der Waals surface area contributed by atoms with Crippen LogP contribution in [0.3, 0.4) is 0 Å². The predicted molar refractivity (Wildman–Crippen MR) is 126 cm³/mol. The summed E-state index contributed by atoms with van der Waals surface area (Å²) >= 11 is 0. The largest absolute Gasteiger partial charge is 0.367 e. The molecule has 5 nitrogen and oxygen atoms in total. The number of halogens is 3. The van der Waals surface area contributed by atoms with Gasteiger partial charge in [0.05, 0.1) is 46.6 Å². The number of nitrogens with two attached hydrogens (primary N) is 1. The first-order valence-electron chi connectivity index (χ1n) is 9.93. The van der Waals surface area contributed by atoms with Gasteiger partial charge in [0.25, 0.3) is 0 Å². The lowest BCUT2D eigenvalue weighted by atomic mass is 9.41. The Hall–Kier alpha value is -2.71. The van der Waals surface area contributed by atoms with Crippen LogP contribution in [0.2, 0.25) is 5.11 Å². The van der Waals surface area contributed by atoms with Crippen LogP contribution >= 0.6 is 0 Å². The second kappa shape index (κ2) is 10.3. The Balaban J connectivity index is 0.000000654. The number of hydrogen-bond acceptors (Lipinski definition) is 4. The Morgan fingerprint density at radius 1 is 1.25 bits per heavy atom. The smallest absolute Gasteiger partial charge is 0.238 e. The molecule has 0 saturated carbocycles. The SMILES string of the molecule is CCC(F)F.[B]C([B])([B])Cc1nc(N)nn2cc(F)c(-c3ccc(N=C(C)C)c(C)c3)c12. The molecule has 2 aromatic heterocycles. The lowest BCUT2D eigenvalue weighted by molar-refractivity contribution is 0.144. The number of nitrogen functional groups attached to an aromatic ring is 1. The third-order valence-electron chi connectivity index (χ3n) is 4.29. The number of rotatable bonds is 5. The van der Waals surface area contributed by atoms with Crippen molar-refractivity contribution in [3.05, 3.63) is 41.5 Å². The van der Waals surface area contributed by atoms with Crippen LogP contribution in [-0.2, 0) is 6.42 Å². The zero-order chi connectivity index (χ0) is 24.2. The summed E-state index contributed by atoms with van der Waals surface area (Å²) in [5, 5.41) is 2.53. The van der Waals surface area contributed by atoms with Gasteiger partial charge in [-0.1, -0.05) is 13.0 Å². The molecule has 0 aliphatic heterocycles. The van der Waals surface area contributed by atoms with Crippen molar-refractivity contribution in [3.8, 4) is 11.1 Å². The third-order valence-corrected chi connectivity index (χ3v) is 4.29. The maximum atomic E-state index is 14.8. The number of aromatic nitrogens is 3. The highest BCUT2D eigenvalue weighted by molar-refractivity contribution is 6.59. The van der Waals surface area contributed by atoms with Gasteiger partial charge in [0.1, 0.15) is 0 Å². The fraction of sp³-hybridized carbons (Fsp3) is 0.381. The fourth-order valence-corrected chi connectivity index (χ4v) is 3.01. The van der Waals surface area contributed by atoms with E-state index in [1.165, 1.54) is 17.6 Å². The van der Waals surface area contributed by atoms with Gasteiger partial charge in [-0.25, -0.2) is 22.7 Å². The summed E-state index contributed by atoms with van der Waals surface area (Å²) in [5.74, 6) is -0.488. The second-order valence-corrected chi connectivity index (χ2v) is 7.71. The van der Waals surface area contributed by atoms with Gasteiger partial charge >= 0.3 is 0 Å². The molecule has 3 aromatic rings. The van der Waals surface area contributed by atoms with Crippen molar-refractivity contribution >= 4 is 46.4 Å². The summed E-state index contributed by atoms with van der Waals surface area (Å²) in [6.07, 6.45) is -0.902. The minimum atomic E-state index is -2.12. The molecular weight excluding hydrogens is 412 g/mol. The lowest BCUT2D eigenvalue weighted by Gasteiger charge is -2.19. The summed E-state index contributed by atoms with van der Waals surface area (Å²) in [7, 11) is 17.2. The van der Waals surface area contributed by atoms with Crippen molar-refractivity contribution in [1.82, 2.24) is 14.6 Å². The Bertz CT molecular complexity index is 1120. The normalized spacial score (nSPS) is 11.4. The first kappa shape index (κ1) is 25.6. The number of anilines is 1. The summed E-state index contributed by atoms with van der Waals surface area (Å²) in [6, 6.07) is 5.51. The quantitative estimate of drug-likeness (QED) is 0.480. The topological polar surface area (TPSA) is 68.6 Å². The predicted octanol–water partition coefficient (Wildman–Crippen LogP) is 4.32. The molecule has 0 amide bonds. The fourth-order valence-electron chi connectivity index (χ4n) is 3.01. The van der Waals surface area contributed by atoms with E-state index in [0.717, 1.165) is 17.0 Å². The molecule has 6 radical (unpaired) electrons. The second-order valence-electron chi connectivity index (χ2n) is 7.71. The minimum Gasteiger partial charge on any atom is -0.367 e. The van der Waals surface area contributed by atoms with Gasteiger partial charge in [0, 0.05) is 17.7 Å². The Morgan fingerprint density at radius 3 is 2.38 bits per heavy atom. The number of nitrogens with zero attached hydrogens (tertiary/aromatic N) is 4. The molecule has 0 bridgehead atoms. The summed E-state index contributed by atoms with van der Waals surface area (Å²) < 4.78 is 37.7. The minimum absolute atomic E-state index is 0.00391. The van der Waals surface area contributed by atoms with Crippen LogP contribution in [0.25, 0.3) is 16.6 Å². The maximum absolute atomic E-state index is 14.8. The molecule has 2 heterocycles. The highest BCUT2D eigenvalue weighted by Crippen LogP contribution is 2.35. The van der Waals surface area contributed by atoms with Gasteiger partial charge in [-0.2, -0.15) is 0 Å². The Kier molecular flexibility index (Phi) is 8.21. The van der Waals surface area contributed by atoms with E-state index in [1.807, 2.05) is 32.9 Å². The average Bonchev–Trinajstić information content (AvgIpc) is 2.98. The third kappa shape index (κ3) is 6.64. The average molecular weight is 435 g/mol. The first-order valence-corrected chi connectivity index (χ1v) is 9.93. The van der Waals surface area contributed by atoms with E-state index in [4.69, 9.17) is 29.3 Å². The summed E-state index contributed by atoms with van der Waals surface area (Å²) in [5.41, 5.74) is 10.2. The standard InChI is InChI=1S/C18H17B3FN5.C3H6F2/c1-9(2)24-13-5-4-11(6-10(13)3)15-12(22)8-27-16(15)14(7-18(19,20)21)25-17(23)26-27;1-2-3(4)5/h4-6,8H,7H2,1-3H3,(H2,23,26);3H,2H2,1H3. The van der Waals surface area contributed by atoms with Crippen LogP contribution in [0.5, 0.6) is 0 Å². The van der Waals surface area contributed by atoms with Crippen molar-refractivity contribution in [2.24, 2.45) is 4.99 Å². The van der Waals surface area contributed by atoms with Crippen LogP contribution in [0.4, 0.5) is 24.8 Å². The van der Waals surface area contributed by atoms with Crippen LogP contribution in [0, 0.1) is 12.7 Å². The van der Waals surface area contributed by atoms with E-state index in [2.05, 4.69) is 15.1 Å². The van der Waals surface area contributed by atoms with Crippen LogP contribution in [-0.4, -0.2) is 50.3 Å². The molecular formula is C21H23B3F3N5. The molecule has 0 saturated heterocycles. The van der Waals surface area contributed by atoms with E-state index in [9.17, 15) is 13.2 Å². The number of benzene rings is 1. The molecule has 162 valence electrons. The van der Waals surface area contributed by atoms with Gasteiger partial charge in [-0.3, -0.25) is 4.99 Å². The van der Waals surface area contributed by atoms with E-state index < -0.39 is 17.4 Å². The molecule has 32 heavy (non-hydrogen) atoms. The number of fused-ring (bicyclic) bond motifs is 1. The zero-order valence-corrected chi connectivity index (χ0v) is 18.5. The monoisotopic (exact) mass is 435 g/mol. The van der Waals surface area contributed by atoms with Crippen molar-refractivity contribution in [2.75, 3.05) is 5.73 Å². The summed E-state index contributed by atoms with van der Waals surface area (Å²) in [6.45, 7) is 7.20. The molecule has 0 aliphatic rings. The van der Waals surface area contributed by atoms with Crippen molar-refractivity contribution in [1.29, 1.82) is 0 Å². The van der Waals surface area contributed by atoms with Gasteiger partial charge < -0.3 is 5.73 Å². The number of aliphatic imine (C=N–C) groups is 1. The van der Waals surface area contributed by atoms with E-state index in [-0.39, 0.29) is 18.8 Å². The van der Waals surface area contributed by atoms with Gasteiger partial charge in [0.2, 0.25) is 12.4 Å². The molecule has 11 heteroatoms. The van der Waals surface area contributed by atoms with Gasteiger partial charge in [-0.05, 0) is 50.5 Å². The van der Waals surface area contributed by atoms with Gasteiger partial charge in [0.15, 0.2) is 5.82 Å². The van der Waals surface area contributed by atoms with Crippen LogP contribution in [0.1, 0.15) is 38.4 Å². The zero-order valence-electron chi connectivity index (χ0n) is 18.5. The highest BCUT2D eigenvalue weighted by Gasteiger charge is 2.22. The molecule has 1 aromatic carbocycles. The number of aryl methyl sites for hydroxylation is 1. The van der Waals surface area contributed by atoms with Crippen LogP contribution < -0.4 is 5.73 Å².